The van der Waals surface area contributed by atoms with Gasteiger partial charge in [-0.05, 0) is 21.1 Å². The van der Waals surface area contributed by atoms with Crippen LogP contribution in [0.5, 0.6) is 11.5 Å². The number of anilines is 1. The number of rotatable bonds is 4. The number of benzene rings is 1. The van der Waals surface area contributed by atoms with Crippen molar-refractivity contribution in [2.45, 2.75) is 0 Å². The Morgan fingerprint density at radius 1 is 1.19 bits per heavy atom. The van der Waals surface area contributed by atoms with Crippen LogP contribution < -0.4 is 14.7 Å². The minimum absolute atomic E-state index is 0.320. The van der Waals surface area contributed by atoms with Gasteiger partial charge in [0.15, 0.2) is 17.8 Å². The minimum atomic E-state index is 0.320. The molecule has 1 aliphatic heterocycles. The zero-order valence-corrected chi connectivity index (χ0v) is 8.63. The molecule has 1 saturated heterocycles. The standard InChI is InChI=1S/C9H9NO6/c1-12-8-3-6(5-11)7(4-9(8)13-2)10-14-16-15-10/h3-5H,1-2H3. The quantitative estimate of drug-likeness (QED) is 0.562. The van der Waals surface area contributed by atoms with E-state index in [4.69, 9.17) is 9.47 Å². The van der Waals surface area contributed by atoms with Crippen molar-refractivity contribution in [3.05, 3.63) is 17.7 Å². The Morgan fingerprint density at radius 3 is 2.25 bits per heavy atom. The Balaban J connectivity index is 2.45. The summed E-state index contributed by atoms with van der Waals surface area (Å²) in [6.45, 7) is 0. The highest BCUT2D eigenvalue weighted by Gasteiger charge is 2.26. The lowest BCUT2D eigenvalue weighted by Crippen LogP contribution is -2.35. The van der Waals surface area contributed by atoms with Gasteiger partial charge in [-0.1, -0.05) is 5.23 Å². The van der Waals surface area contributed by atoms with Gasteiger partial charge in [-0.3, -0.25) is 4.79 Å². The van der Waals surface area contributed by atoms with Crippen molar-refractivity contribution in [2.75, 3.05) is 19.4 Å². The molecule has 86 valence electrons. The third-order valence-electron chi connectivity index (χ3n) is 2.05. The molecule has 1 aromatic rings. The highest BCUT2D eigenvalue weighted by Crippen LogP contribution is 2.36. The summed E-state index contributed by atoms with van der Waals surface area (Å²) >= 11 is 0. The van der Waals surface area contributed by atoms with E-state index in [2.05, 4.69) is 15.0 Å². The van der Waals surface area contributed by atoms with Crippen LogP contribution in [0.15, 0.2) is 12.1 Å². The molecule has 7 heteroatoms. The van der Waals surface area contributed by atoms with Crippen molar-refractivity contribution in [1.29, 1.82) is 0 Å². The van der Waals surface area contributed by atoms with Gasteiger partial charge in [0.2, 0.25) is 0 Å². The fraction of sp³-hybridized carbons (Fsp3) is 0.222. The number of nitrogens with zero attached hydrogens (tertiary/aromatic N) is 1. The molecule has 0 aromatic heterocycles. The monoisotopic (exact) mass is 227 g/mol. The number of carbonyl (C=O) groups excluding carboxylic acids is 1. The molecule has 7 nitrogen and oxygen atoms in total. The molecule has 2 rings (SSSR count). The van der Waals surface area contributed by atoms with Crippen molar-refractivity contribution in [3.63, 3.8) is 0 Å². The number of aldehydes is 1. The van der Waals surface area contributed by atoms with Crippen LogP contribution in [-0.4, -0.2) is 20.5 Å². The molecule has 0 N–H and O–H groups in total. The van der Waals surface area contributed by atoms with Gasteiger partial charge in [-0.25, -0.2) is 0 Å². The molecule has 1 aliphatic rings. The predicted octanol–water partition coefficient (Wildman–Crippen LogP) is 1.05. The van der Waals surface area contributed by atoms with E-state index >= 15 is 0 Å². The zero-order valence-electron chi connectivity index (χ0n) is 8.63. The molecule has 0 atom stereocenters. The first-order chi connectivity index (χ1) is 7.80. The first-order valence-electron chi connectivity index (χ1n) is 4.33. The Labute approximate surface area is 90.8 Å². The summed E-state index contributed by atoms with van der Waals surface area (Å²) in [6.07, 6.45) is 0.641. The number of carbonyl (C=O) groups is 1. The predicted molar refractivity (Wildman–Crippen MR) is 50.7 cm³/mol. The van der Waals surface area contributed by atoms with Crippen LogP contribution in [-0.2, 0) is 15.0 Å². The number of hydrogen-bond acceptors (Lipinski definition) is 7. The SMILES string of the molecule is COc1cc(C=O)c(N2OOO2)cc1OC. The van der Waals surface area contributed by atoms with E-state index in [-0.39, 0.29) is 0 Å². The van der Waals surface area contributed by atoms with Gasteiger partial charge in [0, 0.05) is 11.6 Å². The van der Waals surface area contributed by atoms with Crippen LogP contribution in [0.25, 0.3) is 0 Å². The molecule has 1 heterocycles. The normalized spacial score (nSPS) is 14.2. The second-order valence-electron chi connectivity index (χ2n) is 2.86. The summed E-state index contributed by atoms with van der Waals surface area (Å²) in [5.41, 5.74) is 0.680. The average molecular weight is 227 g/mol. The lowest BCUT2D eigenvalue weighted by Gasteiger charge is -2.26. The summed E-state index contributed by atoms with van der Waals surface area (Å²) < 4.78 is 10.1. The molecule has 16 heavy (non-hydrogen) atoms. The van der Waals surface area contributed by atoms with E-state index in [1.807, 2.05) is 0 Å². The van der Waals surface area contributed by atoms with Crippen LogP contribution in [0, 0.1) is 0 Å². The third kappa shape index (κ3) is 1.67. The maximum Gasteiger partial charge on any atom is 0.163 e. The van der Waals surface area contributed by atoms with Gasteiger partial charge < -0.3 is 9.47 Å². The van der Waals surface area contributed by atoms with Crippen LogP contribution >= 0.6 is 0 Å². The molecule has 1 aromatic carbocycles. The van der Waals surface area contributed by atoms with Crippen LogP contribution in [0.3, 0.4) is 0 Å². The average Bonchev–Trinajstić information content (AvgIpc) is 2.26. The van der Waals surface area contributed by atoms with E-state index in [1.54, 1.807) is 0 Å². The van der Waals surface area contributed by atoms with E-state index < -0.39 is 0 Å². The molecule has 1 fully saturated rings. The second kappa shape index (κ2) is 4.35. The Morgan fingerprint density at radius 2 is 1.81 bits per heavy atom. The minimum Gasteiger partial charge on any atom is -0.493 e. The second-order valence-corrected chi connectivity index (χ2v) is 2.86. The van der Waals surface area contributed by atoms with E-state index in [9.17, 15) is 4.79 Å². The maximum atomic E-state index is 10.9. The molecule has 0 aliphatic carbocycles. The molecular formula is C9H9NO6. The van der Waals surface area contributed by atoms with Crippen LogP contribution in [0.2, 0.25) is 0 Å². The van der Waals surface area contributed by atoms with Crippen LogP contribution in [0.4, 0.5) is 5.69 Å². The molecule has 0 radical (unpaired) electrons. The molecule has 0 amide bonds. The van der Waals surface area contributed by atoms with Crippen molar-refractivity contribution in [2.24, 2.45) is 0 Å². The van der Waals surface area contributed by atoms with Gasteiger partial charge in [-0.2, -0.15) is 0 Å². The van der Waals surface area contributed by atoms with Gasteiger partial charge in [0.25, 0.3) is 0 Å². The molecule has 0 spiro atoms. The fourth-order valence-electron chi connectivity index (χ4n) is 1.28. The lowest BCUT2D eigenvalue weighted by atomic mass is 10.1. The van der Waals surface area contributed by atoms with Gasteiger partial charge >= 0.3 is 0 Å². The largest absolute Gasteiger partial charge is 0.493 e. The number of methoxy groups -OCH3 is 2. The number of hydrogen-bond donors (Lipinski definition) is 0. The Kier molecular flexibility index (Phi) is 2.91. The van der Waals surface area contributed by atoms with E-state index in [0.29, 0.717) is 29.0 Å². The summed E-state index contributed by atoms with van der Waals surface area (Å²) in [4.78, 5) is 19.8. The highest BCUT2D eigenvalue weighted by molar-refractivity contribution is 5.86. The first kappa shape index (κ1) is 10.7. The molecule has 0 saturated carbocycles. The lowest BCUT2D eigenvalue weighted by molar-refractivity contribution is -0.668. The zero-order chi connectivity index (χ0) is 11.5. The van der Waals surface area contributed by atoms with Crippen molar-refractivity contribution in [3.8, 4) is 11.5 Å². The first-order valence-corrected chi connectivity index (χ1v) is 4.33. The van der Waals surface area contributed by atoms with Crippen LogP contribution in [0.1, 0.15) is 10.4 Å². The van der Waals surface area contributed by atoms with E-state index in [1.165, 1.54) is 26.4 Å². The summed E-state index contributed by atoms with van der Waals surface area (Å²) in [5.74, 6) is 0.886. The van der Waals surface area contributed by atoms with E-state index in [0.717, 1.165) is 5.23 Å². The van der Waals surface area contributed by atoms with Crippen molar-refractivity contribution >= 4 is 12.0 Å². The summed E-state index contributed by atoms with van der Waals surface area (Å²) in [5, 5.41) is 4.99. The Bertz CT molecular complexity index is 403. The number of ether oxygens (including phenoxy) is 2. The molecule has 0 unspecified atom stereocenters. The molecule has 0 bridgehead atoms. The topological polar surface area (TPSA) is 66.5 Å². The van der Waals surface area contributed by atoms with Crippen molar-refractivity contribution < 1.29 is 29.3 Å². The highest BCUT2D eigenvalue weighted by atomic mass is 17.7. The van der Waals surface area contributed by atoms with Gasteiger partial charge in [0.05, 0.1) is 14.2 Å². The smallest absolute Gasteiger partial charge is 0.163 e. The summed E-state index contributed by atoms with van der Waals surface area (Å²) in [7, 11) is 2.96. The van der Waals surface area contributed by atoms with Gasteiger partial charge in [0.1, 0.15) is 5.69 Å². The Hall–Kier alpha value is -1.83. The fourth-order valence-corrected chi connectivity index (χ4v) is 1.28. The van der Waals surface area contributed by atoms with Gasteiger partial charge in [-0.15, -0.1) is 0 Å². The third-order valence-corrected chi connectivity index (χ3v) is 2.05. The maximum absolute atomic E-state index is 10.9. The summed E-state index contributed by atoms with van der Waals surface area (Å²) in [6, 6.07) is 3.04. The molecular weight excluding hydrogens is 218 g/mol. The van der Waals surface area contributed by atoms with Crippen molar-refractivity contribution in [1.82, 2.24) is 0 Å².